The van der Waals surface area contributed by atoms with Gasteiger partial charge < -0.3 is 15.1 Å². The number of carbonyl (C=O) groups is 1. The minimum atomic E-state index is 0.186. The van der Waals surface area contributed by atoms with Gasteiger partial charge in [0, 0.05) is 31.7 Å². The minimum absolute atomic E-state index is 0.186. The fraction of sp³-hybridized carbons (Fsp3) is 0.560. The van der Waals surface area contributed by atoms with Crippen molar-refractivity contribution in [3.63, 3.8) is 0 Å². The van der Waals surface area contributed by atoms with Crippen LogP contribution < -0.4 is 10.2 Å². The van der Waals surface area contributed by atoms with Gasteiger partial charge in [-0.15, -0.1) is 5.10 Å². The van der Waals surface area contributed by atoms with E-state index in [1.165, 1.54) is 44.1 Å². The lowest BCUT2D eigenvalue weighted by molar-refractivity contribution is -0.130. The van der Waals surface area contributed by atoms with Crippen LogP contribution in [0.15, 0.2) is 24.3 Å². The van der Waals surface area contributed by atoms with Gasteiger partial charge in [-0.2, -0.15) is 4.52 Å². The number of piperidine rings is 1. The molecule has 0 bridgehead atoms. The molecule has 5 rings (SSSR count). The number of carbonyl (C=O) groups excluding carboxylic acids is 1. The van der Waals surface area contributed by atoms with Crippen molar-refractivity contribution in [1.82, 2.24) is 19.5 Å². The molecule has 1 aliphatic carbocycles. The number of imidazole rings is 1. The van der Waals surface area contributed by atoms with Gasteiger partial charge in [-0.05, 0) is 39.0 Å². The minimum Gasteiger partial charge on any atom is -0.365 e. The Morgan fingerprint density at radius 3 is 2.52 bits per heavy atom. The zero-order valence-electron chi connectivity index (χ0n) is 19.7. The number of hydrogen-bond acceptors (Lipinski definition) is 6. The van der Waals surface area contributed by atoms with Gasteiger partial charge >= 0.3 is 0 Å². The van der Waals surface area contributed by atoms with Gasteiger partial charge in [0.05, 0.1) is 6.54 Å². The maximum atomic E-state index is 12.8. The maximum absolute atomic E-state index is 12.8. The molecule has 1 aromatic carbocycles. The number of rotatable bonds is 6. The van der Waals surface area contributed by atoms with E-state index in [1.54, 1.807) is 11.3 Å². The van der Waals surface area contributed by atoms with Gasteiger partial charge in [0.15, 0.2) is 5.82 Å². The van der Waals surface area contributed by atoms with Crippen LogP contribution in [0.25, 0.3) is 16.2 Å². The van der Waals surface area contributed by atoms with Crippen LogP contribution in [0.3, 0.4) is 0 Å². The lowest BCUT2D eigenvalue weighted by Gasteiger charge is -2.28. The average Bonchev–Trinajstić information content (AvgIpc) is 3.40. The molecule has 2 fully saturated rings. The maximum Gasteiger partial charge on any atom is 0.242 e. The second-order valence-electron chi connectivity index (χ2n) is 9.53. The SMILES string of the molecule is Cc1ccc(-c2nc3sc(N(C)CC(=O)N4CCCCC4)nn3c2NC2CCCCC2)cc1. The molecule has 8 heteroatoms. The topological polar surface area (TPSA) is 65.8 Å². The van der Waals surface area contributed by atoms with E-state index >= 15 is 0 Å². The van der Waals surface area contributed by atoms with Crippen LogP contribution in [0.4, 0.5) is 10.9 Å². The average molecular weight is 467 g/mol. The molecule has 0 atom stereocenters. The molecule has 33 heavy (non-hydrogen) atoms. The lowest BCUT2D eigenvalue weighted by atomic mass is 9.95. The molecule has 3 aromatic rings. The highest BCUT2D eigenvalue weighted by molar-refractivity contribution is 7.20. The number of aryl methyl sites for hydroxylation is 1. The normalized spacial score (nSPS) is 17.5. The summed E-state index contributed by atoms with van der Waals surface area (Å²) in [6.45, 7) is 4.21. The van der Waals surface area contributed by atoms with Crippen LogP contribution in [-0.2, 0) is 4.79 Å². The number of aromatic nitrogens is 3. The fourth-order valence-corrected chi connectivity index (χ4v) is 5.75. The van der Waals surface area contributed by atoms with E-state index in [0.29, 0.717) is 12.6 Å². The van der Waals surface area contributed by atoms with Crippen molar-refractivity contribution in [3.05, 3.63) is 29.8 Å². The Morgan fingerprint density at radius 1 is 1.09 bits per heavy atom. The van der Waals surface area contributed by atoms with Gasteiger partial charge in [-0.3, -0.25) is 4.79 Å². The molecule has 1 amide bonds. The summed E-state index contributed by atoms with van der Waals surface area (Å²) in [4.78, 5) is 22.6. The van der Waals surface area contributed by atoms with Crippen LogP contribution in [0.2, 0.25) is 0 Å². The number of nitrogens with zero attached hydrogens (tertiary/aromatic N) is 5. The van der Waals surface area contributed by atoms with Crippen LogP contribution in [0.1, 0.15) is 56.9 Å². The Kier molecular flexibility index (Phi) is 6.53. The Morgan fingerprint density at radius 2 is 1.79 bits per heavy atom. The van der Waals surface area contributed by atoms with Crippen molar-refractivity contribution < 1.29 is 4.79 Å². The van der Waals surface area contributed by atoms with Crippen LogP contribution >= 0.6 is 11.3 Å². The third kappa shape index (κ3) is 4.86. The summed E-state index contributed by atoms with van der Waals surface area (Å²) in [6, 6.07) is 8.99. The van der Waals surface area contributed by atoms with Crippen molar-refractivity contribution in [2.45, 2.75) is 64.3 Å². The summed E-state index contributed by atoms with van der Waals surface area (Å²) in [5.41, 5.74) is 3.30. The third-order valence-corrected chi connectivity index (χ3v) is 7.89. The molecule has 0 spiro atoms. The Labute approximate surface area is 199 Å². The van der Waals surface area contributed by atoms with Crippen molar-refractivity contribution in [2.75, 3.05) is 36.9 Å². The Hall–Kier alpha value is -2.61. The molecular weight excluding hydrogens is 432 g/mol. The monoisotopic (exact) mass is 466 g/mol. The first-order valence-electron chi connectivity index (χ1n) is 12.3. The summed E-state index contributed by atoms with van der Waals surface area (Å²) in [6.07, 6.45) is 9.66. The molecule has 1 saturated carbocycles. The van der Waals surface area contributed by atoms with Crippen molar-refractivity contribution in [3.8, 4) is 11.3 Å². The molecule has 1 N–H and O–H groups in total. The van der Waals surface area contributed by atoms with Crippen LogP contribution in [0.5, 0.6) is 0 Å². The van der Waals surface area contributed by atoms with Crippen LogP contribution in [-0.4, -0.2) is 58.1 Å². The Balaban J connectivity index is 1.42. The molecule has 176 valence electrons. The lowest BCUT2D eigenvalue weighted by Crippen LogP contribution is -2.41. The quantitative estimate of drug-likeness (QED) is 0.556. The van der Waals surface area contributed by atoms with Crippen LogP contribution in [0, 0.1) is 6.92 Å². The number of likely N-dealkylation sites (tertiary alicyclic amines) is 1. The number of nitrogens with one attached hydrogen (secondary N) is 1. The highest BCUT2D eigenvalue weighted by Gasteiger charge is 2.24. The van der Waals surface area contributed by atoms with E-state index < -0.39 is 0 Å². The molecule has 3 heterocycles. The Bertz CT molecular complexity index is 1090. The van der Waals surface area contributed by atoms with E-state index in [1.807, 2.05) is 21.4 Å². The standard InChI is InChI=1S/C25H34N6OS/c1-18-11-13-19(14-12-18)22-23(26-20-9-5-3-6-10-20)31-24(27-22)33-25(28-31)29(2)17-21(32)30-15-7-4-8-16-30/h11-14,20,26H,3-10,15-17H2,1-2H3. The second-order valence-corrected chi connectivity index (χ2v) is 10.5. The van der Waals surface area contributed by atoms with E-state index in [4.69, 9.17) is 10.1 Å². The zero-order valence-corrected chi connectivity index (χ0v) is 20.5. The molecule has 1 aliphatic heterocycles. The molecule has 0 radical (unpaired) electrons. The first kappa shape index (κ1) is 22.2. The summed E-state index contributed by atoms with van der Waals surface area (Å²) >= 11 is 1.54. The van der Waals surface area contributed by atoms with E-state index in [-0.39, 0.29) is 5.91 Å². The summed E-state index contributed by atoms with van der Waals surface area (Å²) in [5.74, 6) is 1.16. The van der Waals surface area contributed by atoms with Gasteiger partial charge in [0.2, 0.25) is 16.0 Å². The number of anilines is 2. The van der Waals surface area contributed by atoms with Gasteiger partial charge in [0.1, 0.15) is 5.69 Å². The summed E-state index contributed by atoms with van der Waals surface area (Å²) in [5, 5.41) is 9.51. The van der Waals surface area contributed by atoms with Gasteiger partial charge in [-0.1, -0.05) is 60.4 Å². The first-order valence-corrected chi connectivity index (χ1v) is 13.1. The number of benzene rings is 1. The van der Waals surface area contributed by atoms with E-state index in [2.05, 4.69) is 36.5 Å². The number of hydrogen-bond donors (Lipinski definition) is 1. The summed E-state index contributed by atoms with van der Waals surface area (Å²) < 4.78 is 1.95. The second kappa shape index (κ2) is 9.71. The molecule has 2 aliphatic rings. The fourth-order valence-electron chi connectivity index (χ4n) is 4.89. The van der Waals surface area contributed by atoms with E-state index in [9.17, 15) is 4.79 Å². The third-order valence-electron chi connectivity index (χ3n) is 6.87. The highest BCUT2D eigenvalue weighted by atomic mass is 32.1. The van der Waals surface area contributed by atoms with Crippen molar-refractivity contribution in [2.24, 2.45) is 0 Å². The molecular formula is C25H34N6OS. The van der Waals surface area contributed by atoms with Gasteiger partial charge in [-0.25, -0.2) is 4.98 Å². The molecule has 1 saturated heterocycles. The smallest absolute Gasteiger partial charge is 0.242 e. The molecule has 0 unspecified atom stereocenters. The predicted molar refractivity (Wildman–Crippen MR) is 135 cm³/mol. The van der Waals surface area contributed by atoms with E-state index in [0.717, 1.165) is 53.1 Å². The number of likely N-dealkylation sites (N-methyl/N-ethyl adjacent to an activating group) is 1. The summed E-state index contributed by atoms with van der Waals surface area (Å²) in [7, 11) is 1.95. The number of fused-ring (bicyclic) bond motifs is 1. The van der Waals surface area contributed by atoms with Gasteiger partial charge in [0.25, 0.3) is 0 Å². The highest BCUT2D eigenvalue weighted by Crippen LogP contribution is 2.35. The zero-order chi connectivity index (χ0) is 22.8. The molecule has 2 aromatic heterocycles. The molecule has 7 nitrogen and oxygen atoms in total. The predicted octanol–water partition coefficient (Wildman–Crippen LogP) is 4.96. The van der Waals surface area contributed by atoms with Crippen molar-refractivity contribution >= 4 is 33.2 Å². The number of amides is 1. The largest absolute Gasteiger partial charge is 0.365 e. The first-order chi connectivity index (χ1) is 16.1. The van der Waals surface area contributed by atoms with Crippen molar-refractivity contribution in [1.29, 1.82) is 0 Å².